The SMILES string of the molecule is CCOc1ccccc1C(=O)NC1CCN(c2cc(-c3ccc(OC)cc3)[nH]n2)C1. The van der Waals surface area contributed by atoms with Crippen molar-refractivity contribution in [1.29, 1.82) is 0 Å². The zero-order valence-corrected chi connectivity index (χ0v) is 17.2. The van der Waals surface area contributed by atoms with Crippen LogP contribution in [0.25, 0.3) is 11.3 Å². The van der Waals surface area contributed by atoms with E-state index in [1.54, 1.807) is 13.2 Å². The number of para-hydroxylation sites is 1. The van der Waals surface area contributed by atoms with Crippen molar-refractivity contribution in [1.82, 2.24) is 15.5 Å². The van der Waals surface area contributed by atoms with Crippen LogP contribution in [0.4, 0.5) is 5.82 Å². The van der Waals surface area contributed by atoms with E-state index >= 15 is 0 Å². The lowest BCUT2D eigenvalue weighted by molar-refractivity contribution is 0.0936. The number of nitrogens with one attached hydrogen (secondary N) is 2. The lowest BCUT2D eigenvalue weighted by Gasteiger charge is -2.17. The van der Waals surface area contributed by atoms with Crippen LogP contribution in [-0.2, 0) is 0 Å². The van der Waals surface area contributed by atoms with Crippen molar-refractivity contribution in [2.24, 2.45) is 0 Å². The highest BCUT2D eigenvalue weighted by Crippen LogP contribution is 2.26. The number of ether oxygens (including phenoxy) is 2. The minimum absolute atomic E-state index is 0.0633. The summed E-state index contributed by atoms with van der Waals surface area (Å²) in [6, 6.07) is 17.3. The molecule has 2 N–H and O–H groups in total. The van der Waals surface area contributed by atoms with Crippen LogP contribution < -0.4 is 19.7 Å². The molecule has 0 saturated carbocycles. The van der Waals surface area contributed by atoms with E-state index in [0.717, 1.165) is 42.3 Å². The van der Waals surface area contributed by atoms with Crippen LogP contribution in [-0.4, -0.2) is 49.0 Å². The zero-order chi connectivity index (χ0) is 20.9. The number of benzene rings is 2. The average Bonchev–Trinajstić information content (AvgIpc) is 3.44. The Morgan fingerprint density at radius 2 is 2.03 bits per heavy atom. The smallest absolute Gasteiger partial charge is 0.255 e. The molecule has 3 aromatic rings. The van der Waals surface area contributed by atoms with E-state index in [2.05, 4.69) is 20.4 Å². The maximum Gasteiger partial charge on any atom is 0.255 e. The van der Waals surface area contributed by atoms with E-state index in [1.807, 2.05) is 55.5 Å². The Bertz CT molecular complexity index is 1000. The molecule has 7 nitrogen and oxygen atoms in total. The minimum Gasteiger partial charge on any atom is -0.497 e. The van der Waals surface area contributed by atoms with Gasteiger partial charge in [0.25, 0.3) is 5.91 Å². The van der Waals surface area contributed by atoms with Gasteiger partial charge in [0, 0.05) is 25.2 Å². The summed E-state index contributed by atoms with van der Waals surface area (Å²) >= 11 is 0. The van der Waals surface area contributed by atoms with Crippen molar-refractivity contribution in [2.75, 3.05) is 31.7 Å². The monoisotopic (exact) mass is 406 g/mol. The zero-order valence-electron chi connectivity index (χ0n) is 17.2. The highest BCUT2D eigenvalue weighted by Gasteiger charge is 2.26. The Kier molecular flexibility index (Phi) is 5.88. The third-order valence-electron chi connectivity index (χ3n) is 5.24. The van der Waals surface area contributed by atoms with Gasteiger partial charge in [-0.1, -0.05) is 12.1 Å². The normalized spacial score (nSPS) is 15.8. The molecule has 0 radical (unpaired) electrons. The maximum absolute atomic E-state index is 12.7. The first-order chi connectivity index (χ1) is 14.7. The summed E-state index contributed by atoms with van der Waals surface area (Å²) in [5.74, 6) is 2.21. The molecule has 1 aliphatic heterocycles. The van der Waals surface area contributed by atoms with Gasteiger partial charge in [0.05, 0.1) is 25.0 Å². The summed E-state index contributed by atoms with van der Waals surface area (Å²) in [6.07, 6.45) is 0.868. The fraction of sp³-hybridized carbons (Fsp3) is 0.304. The molecular weight excluding hydrogens is 380 g/mol. The minimum atomic E-state index is -0.105. The number of H-pyrrole nitrogens is 1. The fourth-order valence-corrected chi connectivity index (χ4v) is 3.68. The number of nitrogens with zero attached hydrogens (tertiary/aromatic N) is 2. The molecule has 2 aromatic carbocycles. The Labute approximate surface area is 176 Å². The van der Waals surface area contributed by atoms with Crippen molar-refractivity contribution >= 4 is 11.7 Å². The topological polar surface area (TPSA) is 79.5 Å². The molecule has 7 heteroatoms. The molecule has 0 spiro atoms. The van der Waals surface area contributed by atoms with Gasteiger partial charge in [-0.05, 0) is 55.3 Å². The van der Waals surface area contributed by atoms with E-state index < -0.39 is 0 Å². The van der Waals surface area contributed by atoms with Gasteiger partial charge in [-0.15, -0.1) is 0 Å². The van der Waals surface area contributed by atoms with Crippen molar-refractivity contribution in [2.45, 2.75) is 19.4 Å². The van der Waals surface area contributed by atoms with Gasteiger partial charge in [-0.2, -0.15) is 5.10 Å². The van der Waals surface area contributed by atoms with Crippen LogP contribution in [0.2, 0.25) is 0 Å². The molecular formula is C23H26N4O3. The molecule has 1 fully saturated rings. The van der Waals surface area contributed by atoms with E-state index in [4.69, 9.17) is 9.47 Å². The van der Waals surface area contributed by atoms with Gasteiger partial charge in [0.15, 0.2) is 5.82 Å². The number of carbonyl (C=O) groups excluding carboxylic acids is 1. The van der Waals surface area contributed by atoms with Gasteiger partial charge in [0.1, 0.15) is 11.5 Å². The molecule has 2 heterocycles. The van der Waals surface area contributed by atoms with Crippen LogP contribution >= 0.6 is 0 Å². The molecule has 1 unspecified atom stereocenters. The van der Waals surface area contributed by atoms with Gasteiger partial charge >= 0.3 is 0 Å². The van der Waals surface area contributed by atoms with Gasteiger partial charge in [-0.25, -0.2) is 0 Å². The highest BCUT2D eigenvalue weighted by molar-refractivity contribution is 5.97. The number of aromatic amines is 1. The first kappa shape index (κ1) is 19.8. The summed E-state index contributed by atoms with van der Waals surface area (Å²) in [7, 11) is 1.65. The second-order valence-electron chi connectivity index (χ2n) is 7.20. The quantitative estimate of drug-likeness (QED) is 0.628. The predicted octanol–water partition coefficient (Wildman–Crippen LogP) is 3.49. The predicted molar refractivity (Wildman–Crippen MR) is 116 cm³/mol. The van der Waals surface area contributed by atoms with Crippen LogP contribution in [0.3, 0.4) is 0 Å². The molecule has 0 aliphatic carbocycles. The first-order valence-electron chi connectivity index (χ1n) is 10.2. The molecule has 4 rings (SSSR count). The summed E-state index contributed by atoms with van der Waals surface area (Å²) in [6.45, 7) is 3.99. The fourth-order valence-electron chi connectivity index (χ4n) is 3.68. The second kappa shape index (κ2) is 8.90. The summed E-state index contributed by atoms with van der Waals surface area (Å²) in [4.78, 5) is 14.9. The number of rotatable bonds is 7. The number of amides is 1. The van der Waals surface area contributed by atoms with Crippen LogP contribution in [0.1, 0.15) is 23.7 Å². The van der Waals surface area contributed by atoms with E-state index in [-0.39, 0.29) is 11.9 Å². The Balaban J connectivity index is 1.39. The average molecular weight is 406 g/mol. The van der Waals surface area contributed by atoms with E-state index in [9.17, 15) is 4.79 Å². The van der Waals surface area contributed by atoms with E-state index in [1.165, 1.54) is 0 Å². The van der Waals surface area contributed by atoms with Crippen molar-refractivity contribution in [3.63, 3.8) is 0 Å². The lowest BCUT2D eigenvalue weighted by Crippen LogP contribution is -2.37. The molecule has 0 bridgehead atoms. The first-order valence-corrected chi connectivity index (χ1v) is 10.2. The number of carbonyl (C=O) groups is 1. The lowest BCUT2D eigenvalue weighted by atomic mass is 10.1. The Morgan fingerprint density at radius 1 is 1.23 bits per heavy atom. The molecule has 1 aromatic heterocycles. The maximum atomic E-state index is 12.7. The number of methoxy groups -OCH3 is 1. The highest BCUT2D eigenvalue weighted by atomic mass is 16.5. The Hall–Kier alpha value is -3.48. The van der Waals surface area contributed by atoms with Crippen LogP contribution in [0.15, 0.2) is 54.6 Å². The third kappa shape index (κ3) is 4.25. The largest absolute Gasteiger partial charge is 0.497 e. The van der Waals surface area contributed by atoms with Gasteiger partial charge in [-0.3, -0.25) is 9.89 Å². The van der Waals surface area contributed by atoms with Crippen molar-refractivity contribution < 1.29 is 14.3 Å². The second-order valence-corrected chi connectivity index (χ2v) is 7.20. The van der Waals surface area contributed by atoms with Gasteiger partial charge in [0.2, 0.25) is 0 Å². The van der Waals surface area contributed by atoms with Crippen molar-refractivity contribution in [3.05, 3.63) is 60.2 Å². The number of anilines is 1. The molecule has 1 saturated heterocycles. The number of hydrogen-bond acceptors (Lipinski definition) is 5. The number of aromatic nitrogens is 2. The molecule has 1 aliphatic rings. The van der Waals surface area contributed by atoms with Crippen LogP contribution in [0.5, 0.6) is 11.5 Å². The van der Waals surface area contributed by atoms with E-state index in [0.29, 0.717) is 17.9 Å². The summed E-state index contributed by atoms with van der Waals surface area (Å²) in [5.41, 5.74) is 2.57. The Morgan fingerprint density at radius 3 is 2.80 bits per heavy atom. The molecule has 1 amide bonds. The molecule has 156 valence electrons. The van der Waals surface area contributed by atoms with Gasteiger partial charge < -0.3 is 19.7 Å². The number of hydrogen-bond donors (Lipinski definition) is 2. The third-order valence-corrected chi connectivity index (χ3v) is 5.24. The summed E-state index contributed by atoms with van der Waals surface area (Å²) < 4.78 is 10.8. The standard InChI is InChI=1S/C23H26N4O3/c1-3-30-21-7-5-4-6-19(21)23(28)24-17-12-13-27(15-17)22-14-20(25-26-22)16-8-10-18(29-2)11-9-16/h4-11,14,17H,3,12-13,15H2,1-2H3,(H,24,28)(H,25,26). The molecule has 1 atom stereocenters. The van der Waals surface area contributed by atoms with Crippen molar-refractivity contribution in [3.8, 4) is 22.8 Å². The molecule has 30 heavy (non-hydrogen) atoms. The summed E-state index contributed by atoms with van der Waals surface area (Å²) in [5, 5.41) is 10.7. The van der Waals surface area contributed by atoms with Crippen LogP contribution in [0, 0.1) is 0 Å².